The lowest BCUT2D eigenvalue weighted by atomic mass is 10.0. The van der Waals surface area contributed by atoms with Crippen LogP contribution in [-0.4, -0.2) is 12.1 Å². The largest absolute Gasteiger partial charge is 0.497 e. The Bertz CT molecular complexity index is 539. The smallest absolute Gasteiger partial charge is 0.119 e. The monoisotopic (exact) mass is 263 g/mol. The number of ether oxygens (including phenoxy) is 1. The SMILES string of the molecule is COc1cccc(C(NN)c2sc(C)nc2C)c1. The van der Waals surface area contributed by atoms with Gasteiger partial charge in [0.25, 0.3) is 0 Å². The zero-order chi connectivity index (χ0) is 13.1. The van der Waals surface area contributed by atoms with Crippen molar-refractivity contribution in [1.82, 2.24) is 10.4 Å². The second kappa shape index (κ2) is 5.48. The number of rotatable bonds is 4. The summed E-state index contributed by atoms with van der Waals surface area (Å²) < 4.78 is 5.24. The molecule has 0 spiro atoms. The van der Waals surface area contributed by atoms with Crippen molar-refractivity contribution in [2.45, 2.75) is 19.9 Å². The summed E-state index contributed by atoms with van der Waals surface area (Å²) in [6, 6.07) is 7.84. The number of aryl methyl sites for hydroxylation is 2. The maximum absolute atomic E-state index is 5.69. The van der Waals surface area contributed by atoms with Gasteiger partial charge in [-0.3, -0.25) is 5.84 Å². The van der Waals surface area contributed by atoms with Gasteiger partial charge in [0.15, 0.2) is 0 Å². The zero-order valence-electron chi connectivity index (χ0n) is 10.7. The predicted octanol–water partition coefficient (Wildman–Crippen LogP) is 2.32. The Morgan fingerprint density at radius 2 is 2.17 bits per heavy atom. The highest BCUT2D eigenvalue weighted by Crippen LogP contribution is 2.30. The van der Waals surface area contributed by atoms with Crippen LogP contribution in [0.2, 0.25) is 0 Å². The minimum Gasteiger partial charge on any atom is -0.497 e. The molecule has 2 aromatic rings. The van der Waals surface area contributed by atoms with Crippen molar-refractivity contribution in [2.24, 2.45) is 5.84 Å². The zero-order valence-corrected chi connectivity index (χ0v) is 11.5. The van der Waals surface area contributed by atoms with Crippen molar-refractivity contribution in [3.05, 3.63) is 45.4 Å². The standard InChI is InChI=1S/C13H17N3OS/c1-8-13(18-9(2)15-8)12(16-14)10-5-4-6-11(7-10)17-3/h4-7,12,16H,14H2,1-3H3. The Labute approximate surface area is 111 Å². The predicted molar refractivity (Wildman–Crippen MR) is 73.7 cm³/mol. The van der Waals surface area contributed by atoms with Gasteiger partial charge in [-0.25, -0.2) is 10.4 Å². The van der Waals surface area contributed by atoms with E-state index in [1.807, 2.05) is 38.1 Å². The molecule has 0 fully saturated rings. The molecule has 18 heavy (non-hydrogen) atoms. The number of hydrogen-bond donors (Lipinski definition) is 2. The minimum atomic E-state index is -0.0497. The van der Waals surface area contributed by atoms with Gasteiger partial charge in [0.05, 0.1) is 28.7 Å². The van der Waals surface area contributed by atoms with Crippen molar-refractivity contribution in [3.63, 3.8) is 0 Å². The molecule has 5 heteroatoms. The van der Waals surface area contributed by atoms with E-state index in [-0.39, 0.29) is 6.04 Å². The number of nitrogens with zero attached hydrogens (tertiary/aromatic N) is 1. The number of thiazole rings is 1. The molecule has 0 aliphatic heterocycles. The molecule has 96 valence electrons. The van der Waals surface area contributed by atoms with E-state index >= 15 is 0 Å². The summed E-state index contributed by atoms with van der Waals surface area (Å²) in [5.41, 5.74) is 4.94. The Hall–Kier alpha value is -1.43. The van der Waals surface area contributed by atoms with Crippen LogP contribution in [0.1, 0.15) is 27.2 Å². The summed E-state index contributed by atoms with van der Waals surface area (Å²) in [6.45, 7) is 4.00. The second-order valence-corrected chi connectivity index (χ2v) is 5.29. The quantitative estimate of drug-likeness (QED) is 0.656. The van der Waals surface area contributed by atoms with Crippen molar-refractivity contribution in [1.29, 1.82) is 0 Å². The first-order valence-electron chi connectivity index (χ1n) is 5.69. The van der Waals surface area contributed by atoms with Gasteiger partial charge in [-0.05, 0) is 31.5 Å². The third kappa shape index (κ3) is 2.53. The lowest BCUT2D eigenvalue weighted by Crippen LogP contribution is -2.28. The van der Waals surface area contributed by atoms with Gasteiger partial charge in [0, 0.05) is 0 Å². The van der Waals surface area contributed by atoms with Crippen LogP contribution < -0.4 is 16.0 Å². The van der Waals surface area contributed by atoms with E-state index in [0.29, 0.717) is 0 Å². The molecule has 0 amide bonds. The van der Waals surface area contributed by atoms with E-state index in [2.05, 4.69) is 10.4 Å². The summed E-state index contributed by atoms with van der Waals surface area (Å²) in [7, 11) is 1.66. The average Bonchev–Trinajstić information content (AvgIpc) is 2.70. The normalized spacial score (nSPS) is 12.4. The van der Waals surface area contributed by atoms with Gasteiger partial charge in [-0.15, -0.1) is 11.3 Å². The second-order valence-electron chi connectivity index (χ2n) is 4.06. The first-order valence-corrected chi connectivity index (χ1v) is 6.51. The van der Waals surface area contributed by atoms with Crippen molar-refractivity contribution in [2.75, 3.05) is 7.11 Å². The summed E-state index contributed by atoms with van der Waals surface area (Å²) in [5.74, 6) is 6.52. The average molecular weight is 263 g/mol. The van der Waals surface area contributed by atoms with Crippen LogP contribution in [0.25, 0.3) is 0 Å². The van der Waals surface area contributed by atoms with Crippen molar-refractivity contribution < 1.29 is 4.74 Å². The van der Waals surface area contributed by atoms with Gasteiger partial charge in [0.2, 0.25) is 0 Å². The first kappa shape index (κ1) is 13.0. The van der Waals surface area contributed by atoms with Crippen LogP contribution in [-0.2, 0) is 0 Å². The Kier molecular flexibility index (Phi) is 3.96. The number of benzene rings is 1. The molecule has 0 aliphatic carbocycles. The highest BCUT2D eigenvalue weighted by molar-refractivity contribution is 7.11. The number of hydrazine groups is 1. The van der Waals surface area contributed by atoms with Crippen LogP contribution in [0.15, 0.2) is 24.3 Å². The number of aromatic nitrogens is 1. The Morgan fingerprint density at radius 3 is 2.72 bits per heavy atom. The van der Waals surface area contributed by atoms with E-state index in [1.165, 1.54) is 0 Å². The molecular formula is C13H17N3OS. The molecule has 0 saturated carbocycles. The molecule has 0 saturated heterocycles. The molecule has 1 heterocycles. The molecule has 0 aliphatic rings. The van der Waals surface area contributed by atoms with Crippen molar-refractivity contribution in [3.8, 4) is 5.75 Å². The number of nitrogens with two attached hydrogens (primary N) is 1. The molecule has 4 nitrogen and oxygen atoms in total. The van der Waals surface area contributed by atoms with Gasteiger partial charge in [-0.2, -0.15) is 0 Å². The molecule has 0 bridgehead atoms. The lowest BCUT2D eigenvalue weighted by molar-refractivity contribution is 0.413. The first-order chi connectivity index (χ1) is 8.65. The van der Waals surface area contributed by atoms with Gasteiger partial charge < -0.3 is 4.74 Å². The maximum Gasteiger partial charge on any atom is 0.119 e. The number of nitrogens with one attached hydrogen (secondary N) is 1. The molecule has 1 aromatic heterocycles. The fraction of sp³-hybridized carbons (Fsp3) is 0.308. The summed E-state index contributed by atoms with van der Waals surface area (Å²) in [4.78, 5) is 5.58. The van der Waals surface area contributed by atoms with E-state index in [0.717, 1.165) is 26.9 Å². The van der Waals surface area contributed by atoms with Crippen LogP contribution in [0, 0.1) is 13.8 Å². The third-order valence-corrected chi connectivity index (χ3v) is 3.93. The summed E-state index contributed by atoms with van der Waals surface area (Å²) >= 11 is 1.66. The van der Waals surface area contributed by atoms with Gasteiger partial charge in [0.1, 0.15) is 5.75 Å². The Balaban J connectivity index is 2.41. The third-order valence-electron chi connectivity index (χ3n) is 2.80. The minimum absolute atomic E-state index is 0.0497. The van der Waals surface area contributed by atoms with Crippen LogP contribution >= 0.6 is 11.3 Å². The summed E-state index contributed by atoms with van der Waals surface area (Å²) in [5, 5.41) is 1.05. The van der Waals surface area contributed by atoms with Gasteiger partial charge >= 0.3 is 0 Å². The van der Waals surface area contributed by atoms with E-state index < -0.39 is 0 Å². The molecule has 3 N–H and O–H groups in total. The number of hydrogen-bond acceptors (Lipinski definition) is 5. The maximum atomic E-state index is 5.69. The highest BCUT2D eigenvalue weighted by atomic mass is 32.1. The van der Waals surface area contributed by atoms with Crippen LogP contribution in [0.3, 0.4) is 0 Å². The Morgan fingerprint density at radius 1 is 1.39 bits per heavy atom. The fourth-order valence-electron chi connectivity index (χ4n) is 1.96. The van der Waals surface area contributed by atoms with E-state index in [1.54, 1.807) is 18.4 Å². The lowest BCUT2D eigenvalue weighted by Gasteiger charge is -2.16. The molecule has 2 rings (SSSR count). The summed E-state index contributed by atoms with van der Waals surface area (Å²) in [6.07, 6.45) is 0. The molecule has 1 atom stereocenters. The number of methoxy groups -OCH3 is 1. The molecule has 0 radical (unpaired) electrons. The van der Waals surface area contributed by atoms with E-state index in [4.69, 9.17) is 10.6 Å². The van der Waals surface area contributed by atoms with E-state index in [9.17, 15) is 0 Å². The molecule has 1 aromatic carbocycles. The molecular weight excluding hydrogens is 246 g/mol. The van der Waals surface area contributed by atoms with Crippen molar-refractivity contribution >= 4 is 11.3 Å². The molecule has 1 unspecified atom stereocenters. The fourth-order valence-corrected chi connectivity index (χ4v) is 2.98. The van der Waals surface area contributed by atoms with Gasteiger partial charge in [-0.1, -0.05) is 12.1 Å². The van der Waals surface area contributed by atoms with Crippen LogP contribution in [0.4, 0.5) is 0 Å². The van der Waals surface area contributed by atoms with Crippen LogP contribution in [0.5, 0.6) is 5.75 Å². The highest BCUT2D eigenvalue weighted by Gasteiger charge is 2.18. The topological polar surface area (TPSA) is 60.2 Å².